The van der Waals surface area contributed by atoms with E-state index in [1.165, 1.54) is 30.0 Å². The van der Waals surface area contributed by atoms with Crippen LogP contribution in [0.3, 0.4) is 0 Å². The minimum atomic E-state index is -1.72. The smallest absolute Gasteiger partial charge is 0.459 e. The van der Waals surface area contributed by atoms with Crippen molar-refractivity contribution in [1.29, 1.82) is 0 Å². The van der Waals surface area contributed by atoms with Crippen molar-refractivity contribution in [1.82, 2.24) is 0 Å². The number of anilines is 2. The van der Waals surface area contributed by atoms with Crippen LogP contribution in [0.5, 0.6) is 0 Å². The number of esters is 2. The molecule has 1 aliphatic rings. The molecule has 2 unspecified atom stereocenters. The van der Waals surface area contributed by atoms with Gasteiger partial charge >= 0.3 is 24.2 Å². The molecule has 1 heterocycles. The fraction of sp³-hybridized carbons (Fsp3) is 0.500. The maximum absolute atomic E-state index is 12.6. The highest BCUT2D eigenvalue weighted by Gasteiger charge is 2.26. The summed E-state index contributed by atoms with van der Waals surface area (Å²) >= 11 is 0. The minimum Gasteiger partial charge on any atom is -0.459 e. The van der Waals surface area contributed by atoms with Crippen LogP contribution in [0.4, 0.5) is 21.0 Å². The second kappa shape index (κ2) is 26.4. The molecule has 0 aliphatic carbocycles. The van der Waals surface area contributed by atoms with Crippen molar-refractivity contribution < 1.29 is 56.8 Å². The van der Waals surface area contributed by atoms with E-state index in [1.807, 2.05) is 43.5 Å². The van der Waals surface area contributed by atoms with Gasteiger partial charge in [-0.15, -0.1) is 0 Å². The molecule has 14 nitrogen and oxygen atoms in total. The maximum Gasteiger partial charge on any atom is 0.508 e. The van der Waals surface area contributed by atoms with Crippen molar-refractivity contribution >= 4 is 52.2 Å². The molecule has 3 rings (SSSR count). The van der Waals surface area contributed by atoms with Gasteiger partial charge in [-0.2, -0.15) is 0 Å². The van der Waals surface area contributed by atoms with E-state index in [9.17, 15) is 24.3 Å². The third-order valence-electron chi connectivity index (χ3n) is 8.17. The highest BCUT2D eigenvalue weighted by molar-refractivity contribution is 6.71. The summed E-state index contributed by atoms with van der Waals surface area (Å²) in [6.45, 7) is 19.8. The number of aliphatic hydroxyl groups is 1. The van der Waals surface area contributed by atoms with Gasteiger partial charge in [-0.25, -0.2) is 19.2 Å². The third-order valence-corrected chi connectivity index (χ3v) is 13.5. The molecule has 0 spiro atoms. The van der Waals surface area contributed by atoms with Gasteiger partial charge in [0.2, 0.25) is 0 Å². The predicted octanol–water partition coefficient (Wildman–Crippen LogP) is 7.33. The number of amides is 1. The van der Waals surface area contributed by atoms with Gasteiger partial charge in [0.15, 0.2) is 22.7 Å². The van der Waals surface area contributed by atoms with Gasteiger partial charge in [-0.1, -0.05) is 49.6 Å². The first-order chi connectivity index (χ1) is 26.4. The zero-order chi connectivity index (χ0) is 42.1. The molecule has 2 aromatic carbocycles. The molecule has 0 aromatic heterocycles. The number of cyclic esters (lactones) is 2. The predicted molar refractivity (Wildman–Crippen MR) is 222 cm³/mol. The van der Waals surface area contributed by atoms with E-state index >= 15 is 0 Å². The normalized spacial score (nSPS) is 13.9. The largest absolute Gasteiger partial charge is 0.508 e. The number of ether oxygens (including phenoxy) is 5. The van der Waals surface area contributed by atoms with Crippen molar-refractivity contribution in [2.75, 3.05) is 64.0 Å². The number of aliphatic hydroxyl groups excluding tert-OH is 1. The Hall–Kier alpha value is -4.49. The molecule has 16 heteroatoms. The molecule has 0 saturated carbocycles. The fourth-order valence-corrected chi connectivity index (χ4v) is 6.88. The number of rotatable bonds is 20. The second-order valence-corrected chi connectivity index (χ2v) is 23.1. The first-order valence-electron chi connectivity index (χ1n) is 18.4. The summed E-state index contributed by atoms with van der Waals surface area (Å²) in [5.74, 6) is -1.09. The monoisotopic (exact) mass is 818 g/mol. The first-order valence-corrected chi connectivity index (χ1v) is 24.7. The van der Waals surface area contributed by atoms with Crippen LogP contribution in [-0.4, -0.2) is 112 Å². The summed E-state index contributed by atoms with van der Waals surface area (Å²) in [5.41, 5.74) is 2.47. The Morgan fingerprint density at radius 2 is 1.36 bits per heavy atom. The lowest BCUT2D eigenvalue weighted by Gasteiger charge is -2.25. The molecule has 56 heavy (non-hydrogen) atoms. The lowest BCUT2D eigenvalue weighted by molar-refractivity contribution is -0.142. The number of hydrogen-bond donors (Lipinski definition) is 2. The van der Waals surface area contributed by atoms with Crippen LogP contribution < -0.4 is 10.2 Å². The molecule has 1 amide bonds. The van der Waals surface area contributed by atoms with Gasteiger partial charge < -0.3 is 43.0 Å². The summed E-state index contributed by atoms with van der Waals surface area (Å²) in [6.07, 6.45) is -0.928. The average molecular weight is 819 g/mol. The minimum absolute atomic E-state index is 0.0113. The zero-order valence-corrected chi connectivity index (χ0v) is 36.3. The number of nitrogens with zero attached hydrogens (tertiary/aromatic N) is 1. The number of benzene rings is 2. The van der Waals surface area contributed by atoms with E-state index in [4.69, 9.17) is 23.1 Å². The van der Waals surface area contributed by atoms with Crippen LogP contribution in [0, 0.1) is 0 Å². The molecular weight excluding hydrogens is 757 g/mol. The van der Waals surface area contributed by atoms with E-state index in [2.05, 4.69) is 78.4 Å². The van der Waals surface area contributed by atoms with Crippen molar-refractivity contribution in [3.8, 4) is 0 Å². The quantitative estimate of drug-likeness (QED) is 0.0448. The lowest BCUT2D eigenvalue weighted by atomic mass is 10.3. The van der Waals surface area contributed by atoms with E-state index in [0.717, 1.165) is 19.0 Å². The zero-order valence-electron chi connectivity index (χ0n) is 34.3. The van der Waals surface area contributed by atoms with Gasteiger partial charge in [0.1, 0.15) is 32.5 Å². The fourth-order valence-electron chi connectivity index (χ4n) is 4.43. The first kappa shape index (κ1) is 49.5. The molecule has 312 valence electrons. The highest BCUT2D eigenvalue weighted by Crippen LogP contribution is 2.19. The number of carbonyl (C=O) groups excluding carboxylic acids is 4. The standard InChI is InChI=1S/C20H31NO6Si.C12H21NOSi.C8H10O5/c1-16(2)19(23)26-14-18(22)15-27-20(24)21(17-10-7-6-8-11-17)12-9-13-28(4,5)25-3;1-14-15(2,3)11-7-10-13-12-8-5-4-6-9-12;1-5(2)7(9)11-3-6-4-12-8(10)13-6/h6-8,10-11,18,22H,1,9,12-15H2,2-5H3;4-6,8-9,13H,7,10-11H2,1-3H3;6H,1,3-4H2,2H3. The Morgan fingerprint density at radius 3 is 1.88 bits per heavy atom. The maximum atomic E-state index is 12.6. The van der Waals surface area contributed by atoms with E-state index in [0.29, 0.717) is 17.8 Å². The summed E-state index contributed by atoms with van der Waals surface area (Å²) in [5, 5.41) is 13.3. The molecule has 2 aromatic rings. The van der Waals surface area contributed by atoms with Gasteiger partial charge in [-0.3, -0.25) is 4.90 Å². The number of para-hydroxylation sites is 2. The molecule has 0 bridgehead atoms. The summed E-state index contributed by atoms with van der Waals surface area (Å²) in [6, 6.07) is 21.6. The Morgan fingerprint density at radius 1 is 0.839 bits per heavy atom. The van der Waals surface area contributed by atoms with Crippen LogP contribution in [0.15, 0.2) is 85.0 Å². The molecular formula is C40H62N2O12Si2. The number of carbonyl (C=O) groups is 4. The van der Waals surface area contributed by atoms with Crippen molar-refractivity contribution in [3.63, 3.8) is 0 Å². The Labute approximate surface area is 334 Å². The lowest BCUT2D eigenvalue weighted by Crippen LogP contribution is -2.37. The Balaban J connectivity index is 0.000000467. The van der Waals surface area contributed by atoms with Crippen LogP contribution in [0.2, 0.25) is 38.3 Å². The number of nitrogens with one attached hydrogen (secondary N) is 1. The SMILES string of the molecule is C=C(C)C(=O)OCC(O)COC(=O)N(CCC[Si](C)(C)OC)c1ccccc1.C=C(C)C(=O)OCC1COC(=O)O1.CO[Si](C)(C)CCCNc1ccccc1. The van der Waals surface area contributed by atoms with Gasteiger partial charge in [0.25, 0.3) is 0 Å². The van der Waals surface area contributed by atoms with Crippen LogP contribution in [0.1, 0.15) is 26.7 Å². The molecule has 1 saturated heterocycles. The molecule has 0 radical (unpaired) electrons. The van der Waals surface area contributed by atoms with Gasteiger partial charge in [-0.05, 0) is 89.2 Å². The topological polar surface area (TPSA) is 168 Å². The van der Waals surface area contributed by atoms with E-state index in [1.54, 1.807) is 14.0 Å². The Kier molecular flexibility index (Phi) is 23.3. The van der Waals surface area contributed by atoms with Crippen LogP contribution in [-0.2, 0) is 42.1 Å². The van der Waals surface area contributed by atoms with Crippen molar-refractivity contribution in [3.05, 3.63) is 85.0 Å². The van der Waals surface area contributed by atoms with Crippen LogP contribution >= 0.6 is 0 Å². The van der Waals surface area contributed by atoms with E-state index in [-0.39, 0.29) is 32.0 Å². The Bertz CT molecular complexity index is 1510. The van der Waals surface area contributed by atoms with Crippen molar-refractivity contribution in [2.45, 2.75) is 77.2 Å². The van der Waals surface area contributed by atoms with Gasteiger partial charge in [0.05, 0.1) is 0 Å². The summed E-state index contributed by atoms with van der Waals surface area (Å²) < 4.78 is 35.0. The molecule has 1 fully saturated rings. The summed E-state index contributed by atoms with van der Waals surface area (Å²) in [4.78, 5) is 46.8. The van der Waals surface area contributed by atoms with Gasteiger partial charge in [0, 0.05) is 49.8 Å². The highest BCUT2D eigenvalue weighted by atomic mass is 28.4. The van der Waals surface area contributed by atoms with E-state index < -0.39 is 53.0 Å². The third kappa shape index (κ3) is 22.2. The average Bonchev–Trinajstić information content (AvgIpc) is 3.61. The molecule has 2 N–H and O–H groups in total. The second-order valence-electron chi connectivity index (χ2n) is 14.2. The number of hydrogen-bond acceptors (Lipinski definition) is 13. The molecule has 2 atom stereocenters. The summed E-state index contributed by atoms with van der Waals surface area (Å²) in [7, 11) is 0.473. The van der Waals surface area contributed by atoms with Crippen LogP contribution in [0.25, 0.3) is 0 Å². The molecule has 1 aliphatic heterocycles. The van der Waals surface area contributed by atoms with Crippen molar-refractivity contribution in [2.24, 2.45) is 0 Å².